The highest BCUT2D eigenvalue weighted by molar-refractivity contribution is 7.93. The molecule has 10 heteroatoms. The molecule has 4 aromatic rings. The third kappa shape index (κ3) is 3.61. The van der Waals surface area contributed by atoms with E-state index in [2.05, 4.69) is 20.0 Å². The Hall–Kier alpha value is -2.62. The third-order valence-electron chi connectivity index (χ3n) is 3.92. The molecule has 0 fully saturated rings. The van der Waals surface area contributed by atoms with E-state index in [4.69, 9.17) is 11.6 Å². The fraction of sp³-hybridized carbons (Fsp3) is 0.0588. The summed E-state index contributed by atoms with van der Waals surface area (Å²) in [7, 11) is -1.78. The van der Waals surface area contributed by atoms with Gasteiger partial charge in [0.25, 0.3) is 10.0 Å². The summed E-state index contributed by atoms with van der Waals surface area (Å²) in [5.74, 6) is 0.629. The molecule has 2 heterocycles. The van der Waals surface area contributed by atoms with E-state index in [1.165, 1.54) is 23.5 Å². The van der Waals surface area contributed by atoms with Crippen molar-refractivity contribution in [1.29, 1.82) is 0 Å². The van der Waals surface area contributed by atoms with E-state index in [9.17, 15) is 8.42 Å². The Balaban J connectivity index is 1.57. The number of rotatable bonds is 5. The molecule has 0 bridgehead atoms. The smallest absolute Gasteiger partial charge is 0.263 e. The SMILES string of the molecule is Cn1c(Nc2ccc(S(=O)(=O)Nc3nccs3)cc2)nc2cc(Cl)ccc21. The minimum absolute atomic E-state index is 0.153. The lowest BCUT2D eigenvalue weighted by atomic mass is 10.3. The van der Waals surface area contributed by atoms with Gasteiger partial charge in [-0.3, -0.25) is 4.72 Å². The van der Waals surface area contributed by atoms with Gasteiger partial charge in [-0.2, -0.15) is 0 Å². The van der Waals surface area contributed by atoms with Gasteiger partial charge in [0, 0.05) is 29.3 Å². The lowest BCUT2D eigenvalue weighted by molar-refractivity contribution is 0.601. The number of fused-ring (bicyclic) bond motifs is 1. The number of imidazole rings is 1. The van der Waals surface area contributed by atoms with Crippen molar-refractivity contribution in [3.8, 4) is 0 Å². The molecule has 0 atom stereocenters. The highest BCUT2D eigenvalue weighted by Gasteiger charge is 2.15. The third-order valence-corrected chi connectivity index (χ3v) is 6.33. The quantitative estimate of drug-likeness (QED) is 0.505. The number of aromatic nitrogens is 3. The van der Waals surface area contributed by atoms with Crippen LogP contribution in [0.15, 0.2) is 58.9 Å². The first-order chi connectivity index (χ1) is 12.9. The van der Waals surface area contributed by atoms with Crippen molar-refractivity contribution in [2.75, 3.05) is 10.0 Å². The van der Waals surface area contributed by atoms with Crippen LogP contribution in [-0.4, -0.2) is 23.0 Å². The first-order valence-electron chi connectivity index (χ1n) is 7.84. The summed E-state index contributed by atoms with van der Waals surface area (Å²) in [6.07, 6.45) is 1.54. The van der Waals surface area contributed by atoms with Crippen LogP contribution < -0.4 is 10.0 Å². The van der Waals surface area contributed by atoms with Crippen LogP contribution >= 0.6 is 22.9 Å². The summed E-state index contributed by atoms with van der Waals surface area (Å²) >= 11 is 7.23. The zero-order chi connectivity index (χ0) is 19.0. The Labute approximate surface area is 164 Å². The van der Waals surface area contributed by atoms with E-state index in [0.29, 0.717) is 21.8 Å². The lowest BCUT2D eigenvalue weighted by Crippen LogP contribution is -2.12. The van der Waals surface area contributed by atoms with Crippen molar-refractivity contribution in [2.45, 2.75) is 4.90 Å². The zero-order valence-corrected chi connectivity index (χ0v) is 16.4. The monoisotopic (exact) mass is 419 g/mol. The van der Waals surface area contributed by atoms with Crippen LogP contribution in [0.4, 0.5) is 16.8 Å². The maximum absolute atomic E-state index is 12.4. The molecule has 2 aromatic carbocycles. The summed E-state index contributed by atoms with van der Waals surface area (Å²) in [5.41, 5.74) is 2.43. The van der Waals surface area contributed by atoms with Crippen molar-refractivity contribution < 1.29 is 8.42 Å². The molecule has 0 radical (unpaired) electrons. The van der Waals surface area contributed by atoms with Crippen molar-refractivity contribution >= 4 is 60.8 Å². The van der Waals surface area contributed by atoms with Crippen LogP contribution in [0.3, 0.4) is 0 Å². The first kappa shape index (κ1) is 17.8. The van der Waals surface area contributed by atoms with Gasteiger partial charge < -0.3 is 9.88 Å². The molecule has 2 aromatic heterocycles. The summed E-state index contributed by atoms with van der Waals surface area (Å²) in [6, 6.07) is 11.9. The largest absolute Gasteiger partial charge is 0.326 e. The Morgan fingerprint density at radius 1 is 1.15 bits per heavy atom. The first-order valence-corrected chi connectivity index (χ1v) is 10.6. The number of benzene rings is 2. The molecule has 0 aliphatic carbocycles. The molecule has 2 N–H and O–H groups in total. The van der Waals surface area contributed by atoms with E-state index in [-0.39, 0.29) is 4.90 Å². The molecule has 7 nitrogen and oxygen atoms in total. The molecular weight excluding hydrogens is 406 g/mol. The lowest BCUT2D eigenvalue weighted by Gasteiger charge is -2.08. The molecule has 4 rings (SSSR count). The van der Waals surface area contributed by atoms with Gasteiger partial charge in [-0.1, -0.05) is 11.6 Å². The number of hydrogen-bond acceptors (Lipinski definition) is 6. The van der Waals surface area contributed by atoms with Crippen LogP contribution in [0.5, 0.6) is 0 Å². The summed E-state index contributed by atoms with van der Waals surface area (Å²) in [5, 5.41) is 5.84. The van der Waals surface area contributed by atoms with Gasteiger partial charge in [0.1, 0.15) is 0 Å². The Bertz CT molecular complexity index is 1200. The van der Waals surface area contributed by atoms with E-state index < -0.39 is 10.0 Å². The van der Waals surface area contributed by atoms with E-state index in [0.717, 1.165) is 11.0 Å². The molecule has 0 unspecified atom stereocenters. The number of hydrogen-bond donors (Lipinski definition) is 2. The standard InChI is InChI=1S/C17H14ClN5O2S2/c1-23-15-7-2-11(18)10-14(15)21-16(23)20-12-3-5-13(6-4-12)27(24,25)22-17-19-8-9-26-17/h2-10H,1H3,(H,19,22)(H,20,21). The Morgan fingerprint density at radius 2 is 1.93 bits per heavy atom. The van der Waals surface area contributed by atoms with Crippen LogP contribution in [0.2, 0.25) is 5.02 Å². The predicted molar refractivity (Wildman–Crippen MR) is 108 cm³/mol. The second kappa shape index (κ2) is 6.84. The van der Waals surface area contributed by atoms with Crippen molar-refractivity contribution in [2.24, 2.45) is 7.05 Å². The van der Waals surface area contributed by atoms with E-state index >= 15 is 0 Å². The number of thiazole rings is 1. The van der Waals surface area contributed by atoms with Crippen LogP contribution in [0, 0.1) is 0 Å². The Kier molecular flexibility index (Phi) is 4.50. The Morgan fingerprint density at radius 3 is 2.63 bits per heavy atom. The summed E-state index contributed by atoms with van der Waals surface area (Å²) in [6.45, 7) is 0. The molecule has 0 amide bonds. The second-order valence-electron chi connectivity index (χ2n) is 5.72. The number of anilines is 3. The number of nitrogens with one attached hydrogen (secondary N) is 2. The maximum Gasteiger partial charge on any atom is 0.263 e. The second-order valence-corrected chi connectivity index (χ2v) is 8.73. The normalized spacial score (nSPS) is 11.6. The summed E-state index contributed by atoms with van der Waals surface area (Å²) < 4.78 is 29.1. The van der Waals surface area contributed by atoms with Crippen LogP contribution in [0.25, 0.3) is 11.0 Å². The van der Waals surface area contributed by atoms with Crippen LogP contribution in [0.1, 0.15) is 0 Å². The topological polar surface area (TPSA) is 88.9 Å². The molecular formula is C17H14ClN5O2S2. The highest BCUT2D eigenvalue weighted by atomic mass is 35.5. The zero-order valence-electron chi connectivity index (χ0n) is 14.0. The van der Waals surface area contributed by atoms with Crippen molar-refractivity contribution in [3.63, 3.8) is 0 Å². The molecule has 27 heavy (non-hydrogen) atoms. The molecule has 0 saturated heterocycles. The minimum atomic E-state index is -3.67. The number of nitrogens with zero attached hydrogens (tertiary/aromatic N) is 3. The van der Waals surface area contributed by atoms with Gasteiger partial charge in [-0.15, -0.1) is 11.3 Å². The molecule has 0 aliphatic rings. The molecule has 0 aliphatic heterocycles. The average molecular weight is 420 g/mol. The van der Waals surface area contributed by atoms with E-state index in [1.54, 1.807) is 29.8 Å². The van der Waals surface area contributed by atoms with Crippen LogP contribution in [-0.2, 0) is 17.1 Å². The predicted octanol–water partition coefficient (Wildman–Crippen LogP) is 4.23. The van der Waals surface area contributed by atoms with Gasteiger partial charge >= 0.3 is 0 Å². The van der Waals surface area contributed by atoms with Gasteiger partial charge in [0.2, 0.25) is 5.95 Å². The van der Waals surface area contributed by atoms with Gasteiger partial charge in [-0.25, -0.2) is 18.4 Å². The molecule has 0 saturated carbocycles. The molecule has 138 valence electrons. The van der Waals surface area contributed by atoms with Crippen molar-refractivity contribution in [1.82, 2.24) is 14.5 Å². The number of sulfonamides is 1. The average Bonchev–Trinajstić information content (AvgIpc) is 3.23. The summed E-state index contributed by atoms with van der Waals surface area (Å²) in [4.78, 5) is 8.60. The highest BCUT2D eigenvalue weighted by Crippen LogP contribution is 2.25. The van der Waals surface area contributed by atoms with Gasteiger partial charge in [0.15, 0.2) is 5.13 Å². The minimum Gasteiger partial charge on any atom is -0.326 e. The maximum atomic E-state index is 12.4. The van der Waals surface area contributed by atoms with Crippen molar-refractivity contribution in [3.05, 3.63) is 59.1 Å². The fourth-order valence-corrected chi connectivity index (χ4v) is 4.53. The van der Waals surface area contributed by atoms with E-state index in [1.807, 2.05) is 23.7 Å². The fourth-order valence-electron chi connectivity index (χ4n) is 2.58. The number of aryl methyl sites for hydroxylation is 1. The van der Waals surface area contributed by atoms with Gasteiger partial charge in [0.05, 0.1) is 15.9 Å². The molecule has 0 spiro atoms. The number of halogens is 1. The van der Waals surface area contributed by atoms with Gasteiger partial charge in [-0.05, 0) is 42.5 Å².